The third-order valence-corrected chi connectivity index (χ3v) is 14.4. The molecule has 0 amide bonds. The summed E-state index contributed by atoms with van der Waals surface area (Å²) in [6.07, 6.45) is 90.9. The van der Waals surface area contributed by atoms with Crippen LogP contribution in [0.5, 0.6) is 0 Å². The molecule has 0 bridgehead atoms. The van der Waals surface area contributed by atoms with Crippen LogP contribution in [0.3, 0.4) is 0 Å². The zero-order valence-electron chi connectivity index (χ0n) is 55.2. The second-order valence-electron chi connectivity index (χ2n) is 23.7. The number of likely N-dealkylation sites (N-methyl/N-ethyl adjacent to an activating group) is 1. The van der Waals surface area contributed by atoms with E-state index < -0.39 is 24.3 Å². The molecule has 0 heterocycles. The van der Waals surface area contributed by atoms with E-state index >= 15 is 0 Å². The number of carboxylic acid groups (broad SMARTS) is 1. The first kappa shape index (κ1) is 80.4. The summed E-state index contributed by atoms with van der Waals surface area (Å²) in [5.74, 6) is -2.29. The zero-order chi connectivity index (χ0) is 61.9. The van der Waals surface area contributed by atoms with Gasteiger partial charge >= 0.3 is 11.9 Å². The van der Waals surface area contributed by atoms with E-state index in [1.54, 1.807) is 0 Å². The molecule has 0 radical (unpaired) electrons. The molecule has 484 valence electrons. The summed E-state index contributed by atoms with van der Waals surface area (Å²) in [6.45, 7) is 4.52. The van der Waals surface area contributed by atoms with E-state index in [0.717, 1.165) is 116 Å². The molecule has 0 saturated carbocycles. The SMILES string of the molecule is CC/C=C\C/C=C\C/C=C\C/C=C\C/C=C\C/C=C\CCCCCCCCCCCCC(=O)OC(COC(=O)CCCCCCCCCCCCCCCCC/C=C\C/C=C\C/C=C\C/C=C\C/C=C\CC)COC(OCC[N+](C)(C)C)C(=O)[O-]. The summed E-state index contributed by atoms with van der Waals surface area (Å²) in [4.78, 5) is 37.5. The Balaban J connectivity index is 4.16. The van der Waals surface area contributed by atoms with E-state index in [4.69, 9.17) is 18.9 Å². The molecule has 0 fully saturated rings. The molecule has 0 aliphatic carbocycles. The van der Waals surface area contributed by atoms with Crippen LogP contribution < -0.4 is 5.11 Å². The summed E-state index contributed by atoms with van der Waals surface area (Å²) in [5, 5.41) is 11.8. The Labute approximate surface area is 522 Å². The summed E-state index contributed by atoms with van der Waals surface area (Å²) in [6, 6.07) is 0. The Hall–Kier alpha value is -4.57. The number of nitrogens with zero attached hydrogens (tertiary/aromatic N) is 1. The van der Waals surface area contributed by atoms with Crippen molar-refractivity contribution in [2.24, 2.45) is 0 Å². The maximum Gasteiger partial charge on any atom is 0.306 e. The van der Waals surface area contributed by atoms with Gasteiger partial charge in [0.15, 0.2) is 12.4 Å². The standard InChI is InChI=1S/C76H127NO8/c1-6-8-10-12-14-16-18-20-22-24-26-28-30-32-34-36-37-39-40-42-44-46-48-50-52-54-56-58-60-62-64-66-73(78)83-70-72(71-84-76(75(80)81)82-69-68-77(3,4)5)85-74(79)67-65-63-61-59-57-55-53-51-49-47-45-43-41-38-35-33-31-29-27-25-23-21-19-17-15-13-11-9-7-2/h8-11,14-17,20-23,26-29,32-35,41,43,72,76H,6-7,12-13,18-19,24-25,30-31,36-40,42,44-71H2,1-5H3/b10-8-,11-9-,16-14-,17-15-,22-20-,23-21-,28-26-,29-27-,34-32-,35-33-,43-41-. The second kappa shape index (κ2) is 65.4. The van der Waals surface area contributed by atoms with Gasteiger partial charge in [0.05, 0.1) is 40.3 Å². The minimum atomic E-state index is -1.63. The van der Waals surface area contributed by atoms with Gasteiger partial charge in [0.2, 0.25) is 0 Å². The lowest BCUT2D eigenvalue weighted by Crippen LogP contribution is -2.44. The first-order valence-electron chi connectivity index (χ1n) is 34.3. The third-order valence-electron chi connectivity index (χ3n) is 14.4. The van der Waals surface area contributed by atoms with Crippen LogP contribution in [0.1, 0.15) is 271 Å². The zero-order valence-corrected chi connectivity index (χ0v) is 55.2. The molecule has 0 N–H and O–H groups in total. The summed E-state index contributed by atoms with van der Waals surface area (Å²) >= 11 is 0. The van der Waals surface area contributed by atoms with Crippen LogP contribution in [0.2, 0.25) is 0 Å². The fourth-order valence-corrected chi connectivity index (χ4v) is 9.22. The Morgan fingerprint density at radius 3 is 0.941 bits per heavy atom. The van der Waals surface area contributed by atoms with E-state index in [-0.39, 0.29) is 38.6 Å². The van der Waals surface area contributed by atoms with E-state index in [0.29, 0.717) is 17.4 Å². The number of hydrogen-bond acceptors (Lipinski definition) is 8. The molecule has 0 saturated heterocycles. The minimum absolute atomic E-state index is 0.141. The third kappa shape index (κ3) is 66.8. The van der Waals surface area contributed by atoms with Gasteiger partial charge in [0.25, 0.3) is 0 Å². The Morgan fingerprint density at radius 2 is 0.635 bits per heavy atom. The van der Waals surface area contributed by atoms with Crippen molar-refractivity contribution in [3.8, 4) is 0 Å². The van der Waals surface area contributed by atoms with E-state index in [2.05, 4.69) is 148 Å². The van der Waals surface area contributed by atoms with Crippen LogP contribution in [0.15, 0.2) is 134 Å². The number of carbonyl (C=O) groups is 3. The maximum atomic E-state index is 12.9. The largest absolute Gasteiger partial charge is 0.545 e. The predicted molar refractivity (Wildman–Crippen MR) is 361 cm³/mol. The van der Waals surface area contributed by atoms with Crippen molar-refractivity contribution in [1.29, 1.82) is 0 Å². The Kier molecular flexibility index (Phi) is 61.9. The topological polar surface area (TPSA) is 111 Å². The van der Waals surface area contributed by atoms with E-state index in [9.17, 15) is 19.5 Å². The number of quaternary nitrogens is 1. The molecule has 2 atom stereocenters. The number of rotatable bonds is 62. The monoisotopic (exact) mass is 1180 g/mol. The van der Waals surface area contributed by atoms with Crippen LogP contribution in [0, 0.1) is 0 Å². The van der Waals surface area contributed by atoms with Gasteiger partial charge in [0, 0.05) is 12.8 Å². The van der Waals surface area contributed by atoms with Crippen LogP contribution >= 0.6 is 0 Å². The van der Waals surface area contributed by atoms with Crippen molar-refractivity contribution in [3.05, 3.63) is 134 Å². The predicted octanol–water partition coefficient (Wildman–Crippen LogP) is 20.0. The highest BCUT2D eigenvalue weighted by molar-refractivity contribution is 5.70. The lowest BCUT2D eigenvalue weighted by Gasteiger charge is -2.26. The van der Waals surface area contributed by atoms with Gasteiger partial charge in [-0.2, -0.15) is 0 Å². The summed E-state index contributed by atoms with van der Waals surface area (Å²) < 4.78 is 22.8. The Morgan fingerprint density at radius 1 is 0.353 bits per heavy atom. The number of carboxylic acids is 1. The number of allylic oxidation sites excluding steroid dienone is 22. The van der Waals surface area contributed by atoms with Gasteiger partial charge in [0.1, 0.15) is 13.2 Å². The molecule has 0 rings (SSSR count). The van der Waals surface area contributed by atoms with Crippen molar-refractivity contribution in [2.75, 3.05) is 47.5 Å². The van der Waals surface area contributed by atoms with Crippen LogP contribution in [0.25, 0.3) is 0 Å². The molecule has 9 heteroatoms. The summed E-state index contributed by atoms with van der Waals surface area (Å²) in [7, 11) is 5.92. The van der Waals surface area contributed by atoms with E-state index in [1.165, 1.54) is 122 Å². The number of carbonyl (C=O) groups excluding carboxylic acids is 3. The molecule has 0 aromatic rings. The smallest absolute Gasteiger partial charge is 0.306 e. The fraction of sp³-hybridized carbons (Fsp3) is 0.671. The lowest BCUT2D eigenvalue weighted by atomic mass is 10.0. The molecule has 2 unspecified atom stereocenters. The molecule has 0 aliphatic rings. The van der Waals surface area contributed by atoms with Crippen molar-refractivity contribution in [1.82, 2.24) is 0 Å². The van der Waals surface area contributed by atoms with Gasteiger partial charge in [-0.15, -0.1) is 0 Å². The normalized spacial score (nSPS) is 13.6. The first-order valence-corrected chi connectivity index (χ1v) is 34.3. The van der Waals surface area contributed by atoms with Gasteiger partial charge < -0.3 is 33.3 Å². The minimum Gasteiger partial charge on any atom is -0.545 e. The highest BCUT2D eigenvalue weighted by Gasteiger charge is 2.22. The van der Waals surface area contributed by atoms with Crippen LogP contribution in [-0.4, -0.2) is 82.3 Å². The number of aliphatic carboxylic acids is 1. The van der Waals surface area contributed by atoms with Gasteiger partial charge in [-0.1, -0.05) is 282 Å². The lowest BCUT2D eigenvalue weighted by molar-refractivity contribution is -0.870. The van der Waals surface area contributed by atoms with Gasteiger partial charge in [-0.25, -0.2) is 0 Å². The van der Waals surface area contributed by atoms with Crippen molar-refractivity contribution in [3.63, 3.8) is 0 Å². The summed E-state index contributed by atoms with van der Waals surface area (Å²) in [5.41, 5.74) is 0. The fourth-order valence-electron chi connectivity index (χ4n) is 9.22. The average molecular weight is 1180 g/mol. The highest BCUT2D eigenvalue weighted by Crippen LogP contribution is 2.17. The van der Waals surface area contributed by atoms with Crippen LogP contribution in [0.4, 0.5) is 0 Å². The van der Waals surface area contributed by atoms with Crippen molar-refractivity contribution >= 4 is 17.9 Å². The number of hydrogen-bond donors (Lipinski definition) is 0. The number of ether oxygens (including phenoxy) is 4. The quantitative estimate of drug-likeness (QED) is 0.0195. The number of esters is 2. The molecule has 9 nitrogen and oxygen atoms in total. The molecule has 0 spiro atoms. The highest BCUT2D eigenvalue weighted by atomic mass is 16.7. The molecule has 85 heavy (non-hydrogen) atoms. The maximum absolute atomic E-state index is 12.9. The van der Waals surface area contributed by atoms with Gasteiger partial charge in [-0.05, 0) is 109 Å². The van der Waals surface area contributed by atoms with Crippen molar-refractivity contribution < 1.29 is 42.9 Å². The number of unbranched alkanes of at least 4 members (excludes halogenated alkanes) is 25. The molecule has 0 aliphatic heterocycles. The molecular weight excluding hydrogens is 1050 g/mol. The first-order chi connectivity index (χ1) is 41.6. The second-order valence-corrected chi connectivity index (χ2v) is 23.7. The average Bonchev–Trinajstić information content (AvgIpc) is 3.48. The Bertz CT molecular complexity index is 1860. The molecular formula is C76H127NO8. The molecule has 0 aromatic heterocycles. The van der Waals surface area contributed by atoms with Crippen LogP contribution in [-0.2, 0) is 33.3 Å². The van der Waals surface area contributed by atoms with E-state index in [1.807, 2.05) is 21.1 Å². The van der Waals surface area contributed by atoms with Crippen molar-refractivity contribution in [2.45, 2.75) is 283 Å². The van der Waals surface area contributed by atoms with Gasteiger partial charge in [-0.3, -0.25) is 9.59 Å². The molecule has 0 aromatic carbocycles.